The lowest BCUT2D eigenvalue weighted by atomic mass is 10.1. The van der Waals surface area contributed by atoms with Gasteiger partial charge in [0.05, 0.1) is 18.8 Å². The zero-order valence-electron chi connectivity index (χ0n) is 12.0. The van der Waals surface area contributed by atoms with Crippen molar-refractivity contribution in [2.45, 2.75) is 18.6 Å². The van der Waals surface area contributed by atoms with Crippen molar-refractivity contribution in [2.24, 2.45) is 10.7 Å². The van der Waals surface area contributed by atoms with Crippen LogP contribution in [0.1, 0.15) is 12.0 Å². The van der Waals surface area contributed by atoms with Gasteiger partial charge in [0.15, 0.2) is 5.96 Å². The molecule has 0 aromatic heterocycles. The standard InChI is InChI=1S/C14H21N3O2S.HI/c1-19-8-11-4-2-3-5-12(11)17-13(15)16-9-14(18)6-7-20-10-14;/h2-5,18H,6-10H2,1H3,(H3,15,16,17);1H. The minimum atomic E-state index is -0.705. The molecule has 7 heteroatoms. The maximum absolute atomic E-state index is 10.2. The lowest BCUT2D eigenvalue weighted by Gasteiger charge is -2.19. The first-order chi connectivity index (χ1) is 9.63. The summed E-state index contributed by atoms with van der Waals surface area (Å²) in [5.41, 5.74) is 7.08. The van der Waals surface area contributed by atoms with E-state index in [4.69, 9.17) is 10.5 Å². The van der Waals surface area contributed by atoms with Gasteiger partial charge in [-0.15, -0.1) is 24.0 Å². The fraction of sp³-hybridized carbons (Fsp3) is 0.500. The van der Waals surface area contributed by atoms with E-state index in [1.54, 1.807) is 18.9 Å². The molecule has 0 spiro atoms. The third-order valence-electron chi connectivity index (χ3n) is 3.21. The van der Waals surface area contributed by atoms with Crippen LogP contribution < -0.4 is 11.1 Å². The molecule has 1 fully saturated rings. The number of halogens is 1. The van der Waals surface area contributed by atoms with E-state index in [0.717, 1.165) is 29.2 Å². The second kappa shape index (κ2) is 8.82. The average molecular weight is 423 g/mol. The smallest absolute Gasteiger partial charge is 0.193 e. The minimum Gasteiger partial charge on any atom is -0.387 e. The third kappa shape index (κ3) is 5.65. The highest BCUT2D eigenvalue weighted by atomic mass is 127. The number of ether oxygens (including phenoxy) is 1. The molecule has 0 aliphatic carbocycles. The van der Waals surface area contributed by atoms with E-state index in [9.17, 15) is 5.11 Å². The van der Waals surface area contributed by atoms with Gasteiger partial charge in [0, 0.05) is 24.1 Å². The molecule has 5 nitrogen and oxygen atoms in total. The lowest BCUT2D eigenvalue weighted by molar-refractivity contribution is 0.0780. The SMILES string of the molecule is COCc1ccccc1NC(N)=NCC1(O)CCSC1.I. The molecule has 1 aliphatic rings. The quantitative estimate of drug-likeness (QED) is 0.384. The Balaban J connectivity index is 0.00000220. The summed E-state index contributed by atoms with van der Waals surface area (Å²) in [4.78, 5) is 4.25. The van der Waals surface area contributed by atoms with E-state index >= 15 is 0 Å². The number of para-hydroxylation sites is 1. The summed E-state index contributed by atoms with van der Waals surface area (Å²) in [6.45, 7) is 0.850. The van der Waals surface area contributed by atoms with Crippen molar-refractivity contribution >= 4 is 47.4 Å². The van der Waals surface area contributed by atoms with Crippen molar-refractivity contribution in [3.63, 3.8) is 0 Å². The maximum atomic E-state index is 10.2. The summed E-state index contributed by atoms with van der Waals surface area (Å²) < 4.78 is 5.14. The highest BCUT2D eigenvalue weighted by molar-refractivity contribution is 14.0. The van der Waals surface area contributed by atoms with E-state index in [1.807, 2.05) is 24.3 Å². The predicted octanol–water partition coefficient (Wildman–Crippen LogP) is 2.05. The third-order valence-corrected chi connectivity index (χ3v) is 4.44. The molecule has 0 radical (unpaired) electrons. The van der Waals surface area contributed by atoms with Gasteiger partial charge in [0.1, 0.15) is 0 Å². The number of hydrogen-bond acceptors (Lipinski definition) is 4. The van der Waals surface area contributed by atoms with Crippen molar-refractivity contribution in [3.8, 4) is 0 Å². The van der Waals surface area contributed by atoms with Gasteiger partial charge in [-0.2, -0.15) is 11.8 Å². The molecule has 4 N–H and O–H groups in total. The molecule has 1 aromatic carbocycles. The highest BCUT2D eigenvalue weighted by Gasteiger charge is 2.31. The van der Waals surface area contributed by atoms with Gasteiger partial charge in [-0.3, -0.25) is 4.99 Å². The molecule has 21 heavy (non-hydrogen) atoms. The zero-order chi connectivity index (χ0) is 14.4. The van der Waals surface area contributed by atoms with Crippen LogP contribution in [0.25, 0.3) is 0 Å². The summed E-state index contributed by atoms with van der Waals surface area (Å²) in [6.07, 6.45) is 0.773. The van der Waals surface area contributed by atoms with Crippen LogP contribution in [0.5, 0.6) is 0 Å². The molecule has 1 heterocycles. The number of anilines is 1. The number of aliphatic imine (C=N–C) groups is 1. The Hall–Kier alpha value is -0.510. The number of hydrogen-bond donors (Lipinski definition) is 3. The number of nitrogens with two attached hydrogens (primary N) is 1. The molecule has 0 amide bonds. The zero-order valence-corrected chi connectivity index (χ0v) is 15.2. The van der Waals surface area contributed by atoms with Crippen LogP contribution in [-0.4, -0.2) is 41.8 Å². The number of benzene rings is 1. The number of rotatable bonds is 5. The molecular formula is C14H22IN3O2S. The second-order valence-corrected chi connectivity index (χ2v) is 6.05. The topological polar surface area (TPSA) is 79.9 Å². The highest BCUT2D eigenvalue weighted by Crippen LogP contribution is 2.27. The maximum Gasteiger partial charge on any atom is 0.193 e. The Bertz CT molecular complexity index is 479. The van der Waals surface area contributed by atoms with Gasteiger partial charge in [0.25, 0.3) is 0 Å². The normalized spacial score (nSPS) is 21.9. The van der Waals surface area contributed by atoms with Crippen LogP contribution in [0, 0.1) is 0 Å². The summed E-state index contributed by atoms with van der Waals surface area (Å²) in [7, 11) is 1.65. The Morgan fingerprint density at radius 3 is 2.95 bits per heavy atom. The van der Waals surface area contributed by atoms with Crippen molar-refractivity contribution < 1.29 is 9.84 Å². The van der Waals surface area contributed by atoms with Gasteiger partial charge in [-0.25, -0.2) is 0 Å². The van der Waals surface area contributed by atoms with Crippen LogP contribution in [0.15, 0.2) is 29.3 Å². The molecule has 2 rings (SSSR count). The van der Waals surface area contributed by atoms with E-state index in [2.05, 4.69) is 10.3 Å². The van der Waals surface area contributed by atoms with E-state index in [1.165, 1.54) is 0 Å². The van der Waals surface area contributed by atoms with E-state index < -0.39 is 5.60 Å². The molecule has 1 aliphatic heterocycles. The van der Waals surface area contributed by atoms with Gasteiger partial charge in [-0.05, 0) is 18.2 Å². The first-order valence-corrected chi connectivity index (χ1v) is 7.72. The molecule has 1 aromatic rings. The Morgan fingerprint density at radius 1 is 1.52 bits per heavy atom. The fourth-order valence-corrected chi connectivity index (χ4v) is 3.34. The summed E-state index contributed by atoms with van der Waals surface area (Å²) in [5, 5.41) is 13.3. The number of methoxy groups -OCH3 is 1. The number of nitrogens with one attached hydrogen (secondary N) is 1. The van der Waals surface area contributed by atoms with Gasteiger partial charge >= 0.3 is 0 Å². The Morgan fingerprint density at radius 2 is 2.29 bits per heavy atom. The lowest BCUT2D eigenvalue weighted by Crippen LogP contribution is -2.34. The molecule has 118 valence electrons. The summed E-state index contributed by atoms with van der Waals surface area (Å²) in [6, 6.07) is 7.78. The van der Waals surface area contributed by atoms with E-state index in [-0.39, 0.29) is 24.0 Å². The van der Waals surface area contributed by atoms with Gasteiger partial charge in [0.2, 0.25) is 0 Å². The second-order valence-electron chi connectivity index (χ2n) is 4.94. The van der Waals surface area contributed by atoms with Crippen LogP contribution in [0.3, 0.4) is 0 Å². The number of aliphatic hydroxyl groups is 1. The van der Waals surface area contributed by atoms with Gasteiger partial charge < -0.3 is 20.9 Å². The summed E-state index contributed by atoms with van der Waals surface area (Å²) >= 11 is 1.75. The van der Waals surface area contributed by atoms with Gasteiger partial charge in [-0.1, -0.05) is 18.2 Å². The Kier molecular flexibility index (Phi) is 7.78. The predicted molar refractivity (Wildman–Crippen MR) is 99.6 cm³/mol. The average Bonchev–Trinajstić information content (AvgIpc) is 2.87. The first kappa shape index (κ1) is 18.5. The molecule has 1 unspecified atom stereocenters. The molecule has 1 saturated heterocycles. The van der Waals surface area contributed by atoms with Crippen LogP contribution >= 0.6 is 35.7 Å². The number of nitrogens with zero attached hydrogens (tertiary/aromatic N) is 1. The summed E-state index contributed by atoms with van der Waals surface area (Å²) in [5.74, 6) is 2.03. The molecular weight excluding hydrogens is 401 g/mol. The van der Waals surface area contributed by atoms with Crippen LogP contribution in [-0.2, 0) is 11.3 Å². The molecule has 0 saturated carbocycles. The van der Waals surface area contributed by atoms with Crippen LogP contribution in [0.4, 0.5) is 5.69 Å². The van der Waals surface area contributed by atoms with Crippen LogP contribution in [0.2, 0.25) is 0 Å². The molecule has 1 atom stereocenters. The number of thioether (sulfide) groups is 1. The number of guanidine groups is 1. The minimum absolute atomic E-state index is 0. The van der Waals surface area contributed by atoms with Crippen molar-refractivity contribution in [1.82, 2.24) is 0 Å². The molecule has 0 bridgehead atoms. The fourth-order valence-electron chi connectivity index (χ4n) is 2.05. The monoisotopic (exact) mass is 423 g/mol. The van der Waals surface area contributed by atoms with E-state index in [0.29, 0.717) is 19.1 Å². The van der Waals surface area contributed by atoms with Crippen molar-refractivity contribution in [1.29, 1.82) is 0 Å². The van der Waals surface area contributed by atoms with Crippen molar-refractivity contribution in [3.05, 3.63) is 29.8 Å². The first-order valence-electron chi connectivity index (χ1n) is 6.57. The largest absolute Gasteiger partial charge is 0.387 e. The Labute approximate surface area is 146 Å². The van der Waals surface area contributed by atoms with Crippen molar-refractivity contribution in [2.75, 3.05) is 30.5 Å².